The van der Waals surface area contributed by atoms with Crippen LogP contribution in [0, 0.1) is 6.92 Å². The molecule has 0 fully saturated rings. The molecule has 0 aromatic heterocycles. The van der Waals surface area contributed by atoms with E-state index in [4.69, 9.17) is 10.5 Å². The summed E-state index contributed by atoms with van der Waals surface area (Å²) in [5.41, 5.74) is 12.6. The third-order valence-corrected chi connectivity index (χ3v) is 5.68. The largest absolute Gasteiger partial charge is 0.489 e. The number of nitrogens with one attached hydrogen (secondary N) is 1. The lowest BCUT2D eigenvalue weighted by atomic mass is 9.94. The molecule has 0 aliphatic carbocycles. The van der Waals surface area contributed by atoms with Gasteiger partial charge in [-0.25, -0.2) is 0 Å². The molecule has 162 valence electrons. The van der Waals surface area contributed by atoms with Crippen molar-refractivity contribution in [2.75, 3.05) is 0 Å². The molecule has 32 heavy (non-hydrogen) atoms. The van der Waals surface area contributed by atoms with Gasteiger partial charge in [0.25, 0.3) is 0 Å². The van der Waals surface area contributed by atoms with E-state index in [-0.39, 0.29) is 12.1 Å². The van der Waals surface area contributed by atoms with E-state index in [1.807, 2.05) is 36.4 Å². The molecule has 0 radical (unpaired) electrons. The highest BCUT2D eigenvalue weighted by Gasteiger charge is 2.20. The number of rotatable bonds is 9. The molecule has 0 unspecified atom stereocenters. The lowest BCUT2D eigenvalue weighted by molar-refractivity contribution is 0.306. The van der Waals surface area contributed by atoms with E-state index in [0.29, 0.717) is 6.61 Å². The maximum absolute atomic E-state index is 6.68. The standard InChI is InChI=1S/C29H30N2O/c1-22-12-14-24(15-13-22)21-32-27-18-16-23(17-19-27)20-31-29(26-10-6-3-7-11-26)28(30)25-8-4-2-5-9-25/h2-19,28-29,31H,20-21,30H2,1H3/t28-,29-/m0/s1. The molecule has 0 aliphatic rings. The van der Waals surface area contributed by atoms with Gasteiger partial charge in [0.1, 0.15) is 12.4 Å². The first kappa shape index (κ1) is 21.8. The molecule has 0 bridgehead atoms. The molecule has 0 heterocycles. The highest BCUT2D eigenvalue weighted by molar-refractivity contribution is 5.30. The quantitative estimate of drug-likeness (QED) is 0.342. The Hall–Kier alpha value is -3.40. The van der Waals surface area contributed by atoms with Crippen molar-refractivity contribution in [2.24, 2.45) is 5.73 Å². The van der Waals surface area contributed by atoms with Crippen molar-refractivity contribution in [1.82, 2.24) is 5.32 Å². The van der Waals surface area contributed by atoms with Crippen LogP contribution in [-0.2, 0) is 13.2 Å². The summed E-state index contributed by atoms with van der Waals surface area (Å²) in [4.78, 5) is 0. The summed E-state index contributed by atoms with van der Waals surface area (Å²) in [7, 11) is 0. The van der Waals surface area contributed by atoms with Crippen molar-refractivity contribution in [3.05, 3.63) is 137 Å². The van der Waals surface area contributed by atoms with Crippen LogP contribution >= 0.6 is 0 Å². The zero-order chi connectivity index (χ0) is 22.2. The fraction of sp³-hybridized carbons (Fsp3) is 0.172. The normalized spacial score (nSPS) is 12.8. The fourth-order valence-corrected chi connectivity index (χ4v) is 3.76. The Bertz CT molecular complexity index is 1080. The lowest BCUT2D eigenvalue weighted by Crippen LogP contribution is -2.31. The fourth-order valence-electron chi connectivity index (χ4n) is 3.76. The number of nitrogens with two attached hydrogens (primary N) is 1. The molecule has 4 rings (SSSR count). The molecule has 3 heteroatoms. The number of aryl methyl sites for hydroxylation is 1. The van der Waals surface area contributed by atoms with Crippen LogP contribution in [0.1, 0.15) is 39.9 Å². The second-order valence-corrected chi connectivity index (χ2v) is 8.12. The summed E-state index contributed by atoms with van der Waals surface area (Å²) in [6.07, 6.45) is 0. The number of ether oxygens (including phenoxy) is 1. The topological polar surface area (TPSA) is 47.3 Å². The van der Waals surface area contributed by atoms with Gasteiger partial charge in [-0.05, 0) is 41.3 Å². The zero-order valence-electron chi connectivity index (χ0n) is 18.4. The summed E-state index contributed by atoms with van der Waals surface area (Å²) in [5.74, 6) is 0.870. The Kier molecular flexibility index (Phi) is 7.34. The van der Waals surface area contributed by atoms with Crippen molar-refractivity contribution in [3.63, 3.8) is 0 Å². The predicted molar refractivity (Wildman–Crippen MR) is 131 cm³/mol. The van der Waals surface area contributed by atoms with Crippen molar-refractivity contribution < 1.29 is 4.74 Å². The Morgan fingerprint density at radius 1 is 0.688 bits per heavy atom. The molecule has 3 N–H and O–H groups in total. The number of benzene rings is 4. The first-order chi connectivity index (χ1) is 15.7. The highest BCUT2D eigenvalue weighted by Crippen LogP contribution is 2.27. The predicted octanol–water partition coefficient (Wildman–Crippen LogP) is 6.10. The van der Waals surface area contributed by atoms with Gasteiger partial charge in [0.05, 0.1) is 6.04 Å². The molecule has 4 aromatic carbocycles. The molecule has 3 nitrogen and oxygen atoms in total. The van der Waals surface area contributed by atoms with Gasteiger partial charge >= 0.3 is 0 Å². The first-order valence-corrected chi connectivity index (χ1v) is 11.1. The van der Waals surface area contributed by atoms with E-state index in [2.05, 4.69) is 85.0 Å². The third kappa shape index (κ3) is 5.85. The summed E-state index contributed by atoms with van der Waals surface area (Å²) >= 11 is 0. The molecular weight excluding hydrogens is 392 g/mol. The molecule has 0 amide bonds. The van der Waals surface area contributed by atoms with Crippen molar-refractivity contribution in [3.8, 4) is 5.75 Å². The first-order valence-electron chi connectivity index (χ1n) is 11.1. The van der Waals surface area contributed by atoms with Crippen molar-refractivity contribution in [1.29, 1.82) is 0 Å². The monoisotopic (exact) mass is 422 g/mol. The van der Waals surface area contributed by atoms with Crippen molar-refractivity contribution >= 4 is 0 Å². The van der Waals surface area contributed by atoms with Gasteiger partial charge in [-0.3, -0.25) is 0 Å². The van der Waals surface area contributed by atoms with E-state index in [9.17, 15) is 0 Å². The average molecular weight is 423 g/mol. The maximum atomic E-state index is 6.68. The number of hydrogen-bond donors (Lipinski definition) is 2. The molecule has 2 atom stereocenters. The SMILES string of the molecule is Cc1ccc(COc2ccc(CN[C@@H](c3ccccc3)[C@@H](N)c3ccccc3)cc2)cc1. The van der Waals surface area contributed by atoms with Crippen LogP contribution in [0.2, 0.25) is 0 Å². The molecule has 0 saturated carbocycles. The Morgan fingerprint density at radius 3 is 1.88 bits per heavy atom. The van der Waals surface area contributed by atoms with Crippen LogP contribution in [-0.4, -0.2) is 0 Å². The summed E-state index contributed by atoms with van der Waals surface area (Å²) in [6.45, 7) is 3.38. The van der Waals surface area contributed by atoms with Crippen LogP contribution in [0.15, 0.2) is 109 Å². The second kappa shape index (κ2) is 10.8. The van der Waals surface area contributed by atoms with Gasteiger partial charge < -0.3 is 15.8 Å². The van der Waals surface area contributed by atoms with E-state index in [1.54, 1.807) is 0 Å². The van der Waals surface area contributed by atoms with Gasteiger partial charge in [-0.2, -0.15) is 0 Å². The van der Waals surface area contributed by atoms with Gasteiger partial charge in [-0.15, -0.1) is 0 Å². The minimum absolute atomic E-state index is 0.0102. The smallest absolute Gasteiger partial charge is 0.119 e. The Labute approximate surface area is 190 Å². The number of hydrogen-bond acceptors (Lipinski definition) is 3. The van der Waals surface area contributed by atoms with Crippen LogP contribution in [0.5, 0.6) is 5.75 Å². The van der Waals surface area contributed by atoms with Gasteiger partial charge in [0, 0.05) is 12.6 Å². The van der Waals surface area contributed by atoms with E-state index in [1.165, 1.54) is 22.3 Å². The Morgan fingerprint density at radius 2 is 1.25 bits per heavy atom. The summed E-state index contributed by atoms with van der Waals surface area (Å²) in [5, 5.41) is 3.67. The Balaban J connectivity index is 1.40. The van der Waals surface area contributed by atoms with Crippen molar-refractivity contribution in [2.45, 2.75) is 32.2 Å². The minimum atomic E-state index is -0.143. The van der Waals surface area contributed by atoms with E-state index in [0.717, 1.165) is 17.9 Å². The molecule has 0 saturated heterocycles. The zero-order valence-corrected chi connectivity index (χ0v) is 18.4. The van der Waals surface area contributed by atoms with Crippen LogP contribution < -0.4 is 15.8 Å². The summed E-state index contributed by atoms with van der Waals surface area (Å²) < 4.78 is 5.94. The van der Waals surface area contributed by atoms with E-state index >= 15 is 0 Å². The minimum Gasteiger partial charge on any atom is -0.489 e. The van der Waals surface area contributed by atoms with Gasteiger partial charge in [0.15, 0.2) is 0 Å². The molecule has 0 spiro atoms. The van der Waals surface area contributed by atoms with Gasteiger partial charge in [0.2, 0.25) is 0 Å². The highest BCUT2D eigenvalue weighted by atomic mass is 16.5. The van der Waals surface area contributed by atoms with Gasteiger partial charge in [-0.1, -0.05) is 103 Å². The molecule has 0 aliphatic heterocycles. The maximum Gasteiger partial charge on any atom is 0.119 e. The van der Waals surface area contributed by atoms with Crippen LogP contribution in [0.4, 0.5) is 0 Å². The second-order valence-electron chi connectivity index (χ2n) is 8.12. The van der Waals surface area contributed by atoms with E-state index < -0.39 is 0 Å². The molecule has 4 aromatic rings. The van der Waals surface area contributed by atoms with Crippen LogP contribution in [0.3, 0.4) is 0 Å². The summed E-state index contributed by atoms with van der Waals surface area (Å²) in [6, 6.07) is 37.2. The van der Waals surface area contributed by atoms with Crippen LogP contribution in [0.25, 0.3) is 0 Å². The third-order valence-electron chi connectivity index (χ3n) is 5.68. The average Bonchev–Trinajstić information content (AvgIpc) is 2.85. The molecular formula is C29H30N2O. The lowest BCUT2D eigenvalue weighted by Gasteiger charge is -2.26.